The molecule has 0 rings (SSSR count). The van der Waals surface area contributed by atoms with Gasteiger partial charge in [-0.05, 0) is 37.5 Å². The van der Waals surface area contributed by atoms with Crippen LogP contribution in [0.3, 0.4) is 0 Å². The standard InChI is InChI=1S/C78H152O17P2/c1-7-10-12-14-16-17-18-19-24-28-31-37-43-49-55-61-76(81)89-67-74(95-77(82)62-56-50-44-38-32-29-26-23-21-20-22-25-27-30-35-41-46-52-58-70(4)5)69-93-97(86,87)91-65-72(79)64-90-96(84,85)92-68-73(66-88-75(80)60-54-48-40-15-13-11-8-2)94-78(83)63-57-51-45-39-34-33-36-42-47-53-59-71(6)9-3/h70-74,79H,7-69H2,1-6H3,(H,84,85)(H,86,87)/t71?,72-,73+,74+/m0/s1. The Morgan fingerprint density at radius 3 is 0.784 bits per heavy atom. The van der Waals surface area contributed by atoms with Crippen LogP contribution in [0.5, 0.6) is 0 Å². The second-order valence-electron chi connectivity index (χ2n) is 28.8. The summed E-state index contributed by atoms with van der Waals surface area (Å²) < 4.78 is 68.5. The largest absolute Gasteiger partial charge is 0.472 e. The second-order valence-corrected chi connectivity index (χ2v) is 31.7. The number of hydrogen-bond acceptors (Lipinski definition) is 15. The molecule has 6 atom stereocenters. The fraction of sp³-hybridized carbons (Fsp3) is 0.949. The van der Waals surface area contributed by atoms with E-state index in [-0.39, 0.29) is 25.7 Å². The fourth-order valence-electron chi connectivity index (χ4n) is 12.0. The minimum absolute atomic E-state index is 0.106. The van der Waals surface area contributed by atoms with Gasteiger partial charge in [0.1, 0.15) is 19.3 Å². The van der Waals surface area contributed by atoms with Gasteiger partial charge in [-0.1, -0.05) is 356 Å². The summed E-state index contributed by atoms with van der Waals surface area (Å²) in [5.74, 6) is -0.493. The first-order valence-electron chi connectivity index (χ1n) is 40.5. The van der Waals surface area contributed by atoms with Gasteiger partial charge in [0.2, 0.25) is 0 Å². The molecule has 0 fully saturated rings. The molecular formula is C78H152O17P2. The summed E-state index contributed by atoms with van der Waals surface area (Å²) in [7, 11) is -9.91. The molecule has 0 bridgehead atoms. The van der Waals surface area contributed by atoms with Crippen molar-refractivity contribution in [3.63, 3.8) is 0 Å². The Hall–Kier alpha value is -1.94. The van der Waals surface area contributed by atoms with E-state index in [1.54, 1.807) is 0 Å². The second kappa shape index (κ2) is 69.8. The Kier molecular flexibility index (Phi) is 68.4. The van der Waals surface area contributed by atoms with Gasteiger partial charge in [-0.15, -0.1) is 0 Å². The van der Waals surface area contributed by atoms with E-state index in [1.807, 2.05) is 0 Å². The van der Waals surface area contributed by atoms with E-state index in [0.29, 0.717) is 25.7 Å². The Morgan fingerprint density at radius 2 is 0.526 bits per heavy atom. The SMILES string of the molecule is CCCCCCCCCCCCCCCCCC(=O)OC[C@H](COP(=O)(O)OC[C@@H](O)COP(=O)(O)OC[C@@H](COC(=O)CCCCCCCCC)OC(=O)CCCCCCCCCCCCC(C)CC)OC(=O)CCCCCCCCCCCCCCCCCCCCC(C)C. The molecule has 0 aliphatic heterocycles. The molecule has 0 heterocycles. The number of aliphatic hydroxyl groups excluding tert-OH is 1. The van der Waals surface area contributed by atoms with E-state index in [9.17, 15) is 43.2 Å². The maximum absolute atomic E-state index is 13.1. The summed E-state index contributed by atoms with van der Waals surface area (Å²) in [6.07, 6.45) is 58.4. The molecule has 0 spiro atoms. The highest BCUT2D eigenvalue weighted by atomic mass is 31.2. The molecule has 0 aromatic rings. The van der Waals surface area contributed by atoms with Crippen molar-refractivity contribution in [1.82, 2.24) is 0 Å². The lowest BCUT2D eigenvalue weighted by Crippen LogP contribution is -2.30. The number of ether oxygens (including phenoxy) is 4. The van der Waals surface area contributed by atoms with Crippen LogP contribution in [-0.4, -0.2) is 96.7 Å². The topological polar surface area (TPSA) is 237 Å². The van der Waals surface area contributed by atoms with Gasteiger partial charge in [0.25, 0.3) is 0 Å². The molecule has 3 unspecified atom stereocenters. The van der Waals surface area contributed by atoms with E-state index in [1.165, 1.54) is 212 Å². The van der Waals surface area contributed by atoms with Gasteiger partial charge < -0.3 is 33.8 Å². The number of phosphoric ester groups is 2. The highest BCUT2D eigenvalue weighted by molar-refractivity contribution is 7.47. The summed E-state index contributed by atoms with van der Waals surface area (Å²) in [6.45, 7) is 9.63. The predicted octanol–water partition coefficient (Wildman–Crippen LogP) is 23.1. The first kappa shape index (κ1) is 95.1. The summed E-state index contributed by atoms with van der Waals surface area (Å²) >= 11 is 0. The zero-order chi connectivity index (χ0) is 71.4. The lowest BCUT2D eigenvalue weighted by Gasteiger charge is -2.21. The molecule has 97 heavy (non-hydrogen) atoms. The van der Waals surface area contributed by atoms with Crippen LogP contribution in [0.4, 0.5) is 0 Å². The summed E-state index contributed by atoms with van der Waals surface area (Å²) in [4.78, 5) is 72.7. The zero-order valence-corrected chi connectivity index (χ0v) is 65.2. The molecule has 576 valence electrons. The maximum Gasteiger partial charge on any atom is 0.472 e. The summed E-state index contributed by atoms with van der Waals surface area (Å²) in [5.41, 5.74) is 0. The average molecular weight is 1420 g/mol. The fourth-order valence-corrected chi connectivity index (χ4v) is 13.6. The normalized spacial score (nSPS) is 14.2. The number of aliphatic hydroxyl groups is 1. The van der Waals surface area contributed by atoms with Gasteiger partial charge in [0.05, 0.1) is 26.4 Å². The van der Waals surface area contributed by atoms with Gasteiger partial charge in [0, 0.05) is 25.7 Å². The number of unbranched alkanes of at least 4 members (excludes halogenated alkanes) is 46. The molecule has 3 N–H and O–H groups in total. The molecule has 0 aliphatic rings. The van der Waals surface area contributed by atoms with Crippen LogP contribution in [0.1, 0.15) is 408 Å². The zero-order valence-electron chi connectivity index (χ0n) is 63.4. The van der Waals surface area contributed by atoms with Crippen LogP contribution in [0.2, 0.25) is 0 Å². The first-order chi connectivity index (χ1) is 46.9. The van der Waals surface area contributed by atoms with E-state index < -0.39 is 97.5 Å². The molecular weight excluding hydrogens is 1270 g/mol. The van der Waals surface area contributed by atoms with E-state index in [2.05, 4.69) is 41.5 Å². The predicted molar refractivity (Wildman–Crippen MR) is 395 cm³/mol. The van der Waals surface area contributed by atoms with Crippen molar-refractivity contribution < 1.29 is 80.2 Å². The Morgan fingerprint density at radius 1 is 0.299 bits per heavy atom. The van der Waals surface area contributed by atoms with Crippen LogP contribution in [0, 0.1) is 11.8 Å². The number of rotatable bonds is 77. The minimum Gasteiger partial charge on any atom is -0.462 e. The van der Waals surface area contributed by atoms with Crippen LogP contribution in [0.15, 0.2) is 0 Å². The Labute approximate surface area is 594 Å². The summed E-state index contributed by atoms with van der Waals surface area (Å²) in [6, 6.07) is 0. The Balaban J connectivity index is 5.17. The monoisotopic (exact) mass is 1420 g/mol. The van der Waals surface area contributed by atoms with E-state index in [0.717, 1.165) is 115 Å². The van der Waals surface area contributed by atoms with Crippen molar-refractivity contribution in [2.75, 3.05) is 39.6 Å². The quantitative estimate of drug-likeness (QED) is 0.0222. The molecule has 0 saturated heterocycles. The summed E-state index contributed by atoms with van der Waals surface area (Å²) in [5, 5.41) is 10.6. The van der Waals surface area contributed by atoms with Gasteiger partial charge in [-0.3, -0.25) is 37.3 Å². The molecule has 17 nitrogen and oxygen atoms in total. The lowest BCUT2D eigenvalue weighted by atomic mass is 9.99. The third-order valence-corrected chi connectivity index (χ3v) is 20.5. The van der Waals surface area contributed by atoms with E-state index >= 15 is 0 Å². The van der Waals surface area contributed by atoms with Crippen molar-refractivity contribution in [3.05, 3.63) is 0 Å². The first-order valence-corrected chi connectivity index (χ1v) is 43.5. The van der Waals surface area contributed by atoms with Gasteiger partial charge in [-0.2, -0.15) is 0 Å². The number of carbonyl (C=O) groups excluding carboxylic acids is 4. The molecule has 0 saturated carbocycles. The number of phosphoric acid groups is 2. The third kappa shape index (κ3) is 70.9. The average Bonchev–Trinajstić information content (AvgIpc) is 3.64. The molecule has 19 heteroatoms. The van der Waals surface area contributed by atoms with Crippen LogP contribution in [-0.2, 0) is 65.4 Å². The van der Waals surface area contributed by atoms with Crippen LogP contribution in [0.25, 0.3) is 0 Å². The van der Waals surface area contributed by atoms with Crippen LogP contribution >= 0.6 is 15.6 Å². The minimum atomic E-state index is -4.96. The number of hydrogen-bond donors (Lipinski definition) is 3. The van der Waals surface area contributed by atoms with Crippen LogP contribution < -0.4 is 0 Å². The molecule has 0 amide bonds. The van der Waals surface area contributed by atoms with Gasteiger partial charge in [0.15, 0.2) is 12.2 Å². The van der Waals surface area contributed by atoms with Crippen molar-refractivity contribution >= 4 is 39.5 Å². The molecule has 0 aliphatic carbocycles. The number of esters is 4. The Bertz CT molecular complexity index is 1870. The maximum atomic E-state index is 13.1. The smallest absolute Gasteiger partial charge is 0.462 e. The van der Waals surface area contributed by atoms with Gasteiger partial charge >= 0.3 is 39.5 Å². The van der Waals surface area contributed by atoms with Crippen molar-refractivity contribution in [2.24, 2.45) is 11.8 Å². The van der Waals surface area contributed by atoms with Crippen molar-refractivity contribution in [1.29, 1.82) is 0 Å². The van der Waals surface area contributed by atoms with E-state index in [4.69, 9.17) is 37.0 Å². The number of carbonyl (C=O) groups is 4. The third-order valence-electron chi connectivity index (χ3n) is 18.6. The molecule has 0 radical (unpaired) electrons. The molecule has 0 aromatic carbocycles. The molecule has 0 aromatic heterocycles. The lowest BCUT2D eigenvalue weighted by molar-refractivity contribution is -0.161. The van der Waals surface area contributed by atoms with Gasteiger partial charge in [-0.25, -0.2) is 9.13 Å². The van der Waals surface area contributed by atoms with Crippen molar-refractivity contribution in [3.8, 4) is 0 Å². The van der Waals surface area contributed by atoms with Crippen molar-refractivity contribution in [2.45, 2.75) is 426 Å². The highest BCUT2D eigenvalue weighted by Gasteiger charge is 2.30. The highest BCUT2D eigenvalue weighted by Crippen LogP contribution is 2.45.